The monoisotopic (exact) mass is 478 g/mol. The fourth-order valence-electron chi connectivity index (χ4n) is 3.33. The van der Waals surface area contributed by atoms with Gasteiger partial charge in [0.05, 0.1) is 7.11 Å². The van der Waals surface area contributed by atoms with Crippen LogP contribution in [-0.2, 0) is 17.9 Å². The summed E-state index contributed by atoms with van der Waals surface area (Å²) in [7, 11) is 1.61. The molecule has 4 aromatic rings. The number of aromatic nitrogens is 3. The first-order valence-corrected chi connectivity index (χ1v) is 11.0. The molecular formula is C25H23FN4O3S. The van der Waals surface area contributed by atoms with Crippen molar-refractivity contribution in [3.63, 3.8) is 0 Å². The van der Waals surface area contributed by atoms with Gasteiger partial charge in [0.15, 0.2) is 10.6 Å². The van der Waals surface area contributed by atoms with Gasteiger partial charge >= 0.3 is 0 Å². The summed E-state index contributed by atoms with van der Waals surface area (Å²) in [6, 6.07) is 20.7. The second-order valence-corrected chi connectivity index (χ2v) is 7.86. The number of amides is 1. The number of carbonyl (C=O) groups excluding carboxylic acids is 1. The molecule has 0 saturated heterocycles. The molecule has 0 aliphatic carbocycles. The molecule has 4 rings (SSSR count). The molecule has 174 valence electrons. The average Bonchev–Trinajstić information content (AvgIpc) is 3.23. The van der Waals surface area contributed by atoms with Gasteiger partial charge in [-0.2, -0.15) is 5.10 Å². The van der Waals surface area contributed by atoms with Crippen molar-refractivity contribution in [1.82, 2.24) is 14.8 Å². The lowest BCUT2D eigenvalue weighted by molar-refractivity contribution is -0.116. The molecule has 34 heavy (non-hydrogen) atoms. The Morgan fingerprint density at radius 1 is 1.09 bits per heavy atom. The fourth-order valence-corrected chi connectivity index (χ4v) is 3.56. The smallest absolute Gasteiger partial charge is 0.226 e. The van der Waals surface area contributed by atoms with Crippen molar-refractivity contribution >= 4 is 23.8 Å². The summed E-state index contributed by atoms with van der Waals surface area (Å²) in [4.78, 5) is 12.6. The third-order valence-electron chi connectivity index (χ3n) is 5.11. The van der Waals surface area contributed by atoms with Crippen LogP contribution in [0.4, 0.5) is 10.1 Å². The highest BCUT2D eigenvalue weighted by Gasteiger charge is 2.11. The van der Waals surface area contributed by atoms with E-state index < -0.39 is 0 Å². The number of rotatable bonds is 9. The van der Waals surface area contributed by atoms with Crippen molar-refractivity contribution in [3.05, 3.63) is 88.9 Å². The minimum absolute atomic E-state index is 0.167. The number of H-pyrrole nitrogens is 1. The first kappa shape index (κ1) is 23.2. The van der Waals surface area contributed by atoms with Gasteiger partial charge in [-0.3, -0.25) is 14.5 Å². The molecule has 1 amide bonds. The number of methoxy groups -OCH3 is 1. The SMILES string of the molecule is COc1ccc(-c2n[nH]c(=S)n2CCC(=O)Nc2cccc(OCc3ccc(F)cc3)c2)cc1. The number of nitrogens with zero attached hydrogens (tertiary/aromatic N) is 2. The quantitative estimate of drug-likeness (QED) is 0.317. The number of benzene rings is 3. The van der Waals surface area contributed by atoms with Crippen molar-refractivity contribution in [1.29, 1.82) is 0 Å². The summed E-state index contributed by atoms with van der Waals surface area (Å²) in [5.41, 5.74) is 2.33. The Bertz CT molecular complexity index is 1320. The maximum atomic E-state index is 13.0. The van der Waals surface area contributed by atoms with Gasteiger partial charge in [-0.1, -0.05) is 18.2 Å². The van der Waals surface area contributed by atoms with Crippen LogP contribution in [0.3, 0.4) is 0 Å². The number of hydrogen-bond donors (Lipinski definition) is 2. The standard InChI is InChI=1S/C25H23FN4O3S/c1-32-21-11-7-18(8-12-21)24-28-29-25(34)30(24)14-13-23(31)27-20-3-2-4-22(15-20)33-16-17-5-9-19(26)10-6-17/h2-12,15H,13-14,16H2,1H3,(H,27,31)(H,29,34). The van der Waals surface area contributed by atoms with Crippen LogP contribution in [0, 0.1) is 10.6 Å². The molecule has 7 nitrogen and oxygen atoms in total. The number of anilines is 1. The largest absolute Gasteiger partial charge is 0.497 e. The zero-order valence-corrected chi connectivity index (χ0v) is 19.3. The lowest BCUT2D eigenvalue weighted by Gasteiger charge is -2.10. The molecule has 0 unspecified atom stereocenters. The highest BCUT2D eigenvalue weighted by molar-refractivity contribution is 7.71. The first-order chi connectivity index (χ1) is 16.5. The number of hydrogen-bond acceptors (Lipinski definition) is 5. The van der Waals surface area contributed by atoms with Crippen LogP contribution in [0.5, 0.6) is 11.5 Å². The Labute approximate surface area is 201 Å². The van der Waals surface area contributed by atoms with Crippen LogP contribution < -0.4 is 14.8 Å². The Kier molecular flexibility index (Phi) is 7.34. The number of aromatic amines is 1. The van der Waals surface area contributed by atoms with Crippen molar-refractivity contribution in [2.75, 3.05) is 12.4 Å². The van der Waals surface area contributed by atoms with E-state index >= 15 is 0 Å². The molecule has 0 spiro atoms. The van der Waals surface area contributed by atoms with Crippen LogP contribution in [0.15, 0.2) is 72.8 Å². The fraction of sp³-hybridized carbons (Fsp3) is 0.160. The van der Waals surface area contributed by atoms with E-state index in [9.17, 15) is 9.18 Å². The Morgan fingerprint density at radius 2 is 1.85 bits per heavy atom. The third-order valence-corrected chi connectivity index (χ3v) is 5.42. The molecule has 0 aliphatic rings. The summed E-state index contributed by atoms with van der Waals surface area (Å²) in [5, 5.41) is 9.97. The van der Waals surface area contributed by atoms with Crippen LogP contribution >= 0.6 is 12.2 Å². The lowest BCUT2D eigenvalue weighted by Crippen LogP contribution is -2.15. The zero-order chi connectivity index (χ0) is 23.9. The zero-order valence-electron chi connectivity index (χ0n) is 18.5. The highest BCUT2D eigenvalue weighted by Crippen LogP contribution is 2.22. The van der Waals surface area contributed by atoms with Gasteiger partial charge < -0.3 is 14.8 Å². The van der Waals surface area contributed by atoms with Crippen LogP contribution in [0.2, 0.25) is 0 Å². The summed E-state index contributed by atoms with van der Waals surface area (Å²) < 4.78 is 26.2. The molecule has 3 aromatic carbocycles. The van der Waals surface area contributed by atoms with E-state index in [1.54, 1.807) is 48.1 Å². The molecule has 1 aromatic heterocycles. The minimum Gasteiger partial charge on any atom is -0.497 e. The maximum Gasteiger partial charge on any atom is 0.226 e. The normalized spacial score (nSPS) is 10.6. The maximum absolute atomic E-state index is 13.0. The Hall–Kier alpha value is -3.98. The number of nitrogens with one attached hydrogen (secondary N) is 2. The van der Waals surface area contributed by atoms with Crippen LogP contribution in [-0.4, -0.2) is 27.8 Å². The van der Waals surface area contributed by atoms with Gasteiger partial charge in [0.25, 0.3) is 0 Å². The van der Waals surface area contributed by atoms with E-state index in [0.29, 0.717) is 35.2 Å². The van der Waals surface area contributed by atoms with E-state index in [1.807, 2.05) is 24.3 Å². The van der Waals surface area contributed by atoms with Crippen molar-refractivity contribution in [2.45, 2.75) is 19.6 Å². The van der Waals surface area contributed by atoms with Gasteiger partial charge in [-0.25, -0.2) is 4.39 Å². The summed E-state index contributed by atoms with van der Waals surface area (Å²) >= 11 is 5.35. The summed E-state index contributed by atoms with van der Waals surface area (Å²) in [6.07, 6.45) is 0.206. The molecule has 0 saturated carbocycles. The van der Waals surface area contributed by atoms with E-state index in [2.05, 4.69) is 15.5 Å². The second-order valence-electron chi connectivity index (χ2n) is 7.47. The van der Waals surface area contributed by atoms with Gasteiger partial charge in [0.1, 0.15) is 23.9 Å². The first-order valence-electron chi connectivity index (χ1n) is 10.6. The Balaban J connectivity index is 1.35. The second kappa shape index (κ2) is 10.8. The van der Waals surface area contributed by atoms with E-state index in [0.717, 1.165) is 16.9 Å². The highest BCUT2D eigenvalue weighted by atomic mass is 32.1. The van der Waals surface area contributed by atoms with Crippen molar-refractivity contribution < 1.29 is 18.7 Å². The molecule has 0 fully saturated rings. The molecule has 9 heteroatoms. The molecule has 0 bridgehead atoms. The van der Waals surface area contributed by atoms with E-state index in [-0.39, 0.29) is 18.1 Å². The van der Waals surface area contributed by atoms with Crippen LogP contribution in [0.25, 0.3) is 11.4 Å². The minimum atomic E-state index is -0.290. The topological polar surface area (TPSA) is 81.2 Å². The van der Waals surface area contributed by atoms with E-state index in [4.69, 9.17) is 21.7 Å². The molecule has 2 N–H and O–H groups in total. The Morgan fingerprint density at radius 3 is 2.59 bits per heavy atom. The van der Waals surface area contributed by atoms with Gasteiger partial charge in [0.2, 0.25) is 5.91 Å². The van der Waals surface area contributed by atoms with Gasteiger partial charge in [-0.15, -0.1) is 0 Å². The summed E-state index contributed by atoms with van der Waals surface area (Å²) in [5.74, 6) is 1.53. The summed E-state index contributed by atoms with van der Waals surface area (Å²) in [6.45, 7) is 0.661. The van der Waals surface area contributed by atoms with E-state index in [1.165, 1.54) is 12.1 Å². The third kappa shape index (κ3) is 5.87. The van der Waals surface area contributed by atoms with Crippen molar-refractivity contribution in [3.8, 4) is 22.9 Å². The van der Waals surface area contributed by atoms with Crippen molar-refractivity contribution in [2.24, 2.45) is 0 Å². The predicted octanol–water partition coefficient (Wildman–Crippen LogP) is 5.36. The van der Waals surface area contributed by atoms with Gasteiger partial charge in [0, 0.05) is 30.3 Å². The lowest BCUT2D eigenvalue weighted by atomic mass is 10.2. The number of halogens is 1. The molecule has 0 aliphatic heterocycles. The number of ether oxygens (including phenoxy) is 2. The molecular weight excluding hydrogens is 455 g/mol. The predicted molar refractivity (Wildman–Crippen MR) is 130 cm³/mol. The van der Waals surface area contributed by atoms with Crippen LogP contribution in [0.1, 0.15) is 12.0 Å². The molecule has 0 atom stereocenters. The number of carbonyl (C=O) groups is 1. The average molecular weight is 479 g/mol. The molecule has 1 heterocycles. The van der Waals surface area contributed by atoms with Gasteiger partial charge in [-0.05, 0) is 66.3 Å². The molecule has 0 radical (unpaired) electrons.